The summed E-state index contributed by atoms with van der Waals surface area (Å²) in [5.74, 6) is 0.616. The normalized spacial score (nSPS) is 17.4. The Morgan fingerprint density at radius 2 is 1.55 bits per heavy atom. The van der Waals surface area contributed by atoms with Gasteiger partial charge in [-0.05, 0) is 134 Å². The molecule has 1 atom stereocenters. The minimum atomic E-state index is 0.113. The number of hydrogen-bond acceptors (Lipinski definition) is 2. The number of benzene rings is 4. The average molecular weight is 667 g/mol. The van der Waals surface area contributed by atoms with Crippen molar-refractivity contribution in [1.82, 2.24) is 0 Å². The maximum Gasteiger partial charge on any atom is 0.0662 e. The quantitative estimate of drug-likeness (QED) is 0.115. The molecule has 0 N–H and O–H groups in total. The van der Waals surface area contributed by atoms with Crippen molar-refractivity contribution in [3.05, 3.63) is 184 Å². The Labute approximate surface area is 305 Å². The van der Waals surface area contributed by atoms with Crippen molar-refractivity contribution >= 4 is 34.9 Å². The first-order valence-electron chi connectivity index (χ1n) is 18.2. The summed E-state index contributed by atoms with van der Waals surface area (Å²) in [5.41, 5.74) is 14.3. The first kappa shape index (κ1) is 35.4. The molecule has 0 bridgehead atoms. The van der Waals surface area contributed by atoms with E-state index in [1.165, 1.54) is 57.4 Å². The number of para-hydroxylation sites is 1. The van der Waals surface area contributed by atoms with Gasteiger partial charge in [-0.1, -0.05) is 128 Å². The molecule has 1 fully saturated rings. The topological polar surface area (TPSA) is 15.6 Å². The van der Waals surface area contributed by atoms with Crippen LogP contribution in [-0.2, 0) is 0 Å². The standard InChI is InChI=1S/C49H50N2/c1-8-15-34(4)44(10-3)46-32-27-41(33-47(46)40-21-22-40)39-25-30-43(31-26-39)51(49(16-9-2)45-19-13-11-17-35(45)5)42-28-23-38(24-29-42)37(7)50-48-20-14-12-18-36(48)6/h8-20,23-28,30-33,40,42H,3,5,21-22,29H2,1-2,4,6-7H3/b15-8-,16-9?,44-34+,49-45+,50-37?. The van der Waals surface area contributed by atoms with Crippen molar-refractivity contribution in [3.63, 3.8) is 0 Å². The summed E-state index contributed by atoms with van der Waals surface area (Å²) >= 11 is 0. The molecule has 0 heterocycles. The summed E-state index contributed by atoms with van der Waals surface area (Å²) in [6.07, 6.45) is 20.9. The average Bonchev–Trinajstić information content (AvgIpc) is 4.00. The SMILES string of the molecule is C=C/C(=C(C)\C=C/C)c1ccc(-c2ccc(N(/C(C=CC)=c3\ccccc3=C)C3C=CC(C(C)=Nc4ccccc4C)=CC3)cc2)cc1C1CC1. The van der Waals surface area contributed by atoms with Crippen LogP contribution >= 0.6 is 0 Å². The Kier molecular flexibility index (Phi) is 11.1. The second kappa shape index (κ2) is 16.0. The smallest absolute Gasteiger partial charge is 0.0662 e. The number of hydrogen-bond donors (Lipinski definition) is 0. The van der Waals surface area contributed by atoms with E-state index in [1.54, 1.807) is 0 Å². The number of anilines is 1. The molecular formula is C49H50N2. The number of aliphatic imine (C=N–C) groups is 1. The molecule has 4 aromatic rings. The zero-order valence-corrected chi connectivity index (χ0v) is 30.9. The Bertz CT molecular complexity index is 2210. The zero-order valence-electron chi connectivity index (χ0n) is 30.9. The molecule has 0 amide bonds. The molecule has 0 saturated heterocycles. The number of allylic oxidation sites excluding steroid dienone is 8. The largest absolute Gasteiger partial charge is 0.334 e. The van der Waals surface area contributed by atoms with E-state index in [0.29, 0.717) is 5.92 Å². The molecule has 4 aromatic carbocycles. The Balaban J connectivity index is 1.38. The van der Waals surface area contributed by atoms with Gasteiger partial charge in [0.25, 0.3) is 0 Å². The molecule has 6 rings (SSSR count). The molecular weight excluding hydrogens is 617 g/mol. The molecule has 51 heavy (non-hydrogen) atoms. The van der Waals surface area contributed by atoms with Crippen LogP contribution < -0.4 is 15.3 Å². The molecule has 2 nitrogen and oxygen atoms in total. The number of aryl methyl sites for hydroxylation is 1. The van der Waals surface area contributed by atoms with Gasteiger partial charge in [0.05, 0.1) is 11.7 Å². The third kappa shape index (κ3) is 7.97. The molecule has 0 aliphatic heterocycles. The first-order chi connectivity index (χ1) is 24.8. The maximum atomic E-state index is 4.98. The minimum absolute atomic E-state index is 0.113. The van der Waals surface area contributed by atoms with Crippen LogP contribution in [0.3, 0.4) is 0 Å². The van der Waals surface area contributed by atoms with Crippen LogP contribution in [0.25, 0.3) is 29.0 Å². The van der Waals surface area contributed by atoms with E-state index < -0.39 is 0 Å². The van der Waals surface area contributed by atoms with Gasteiger partial charge in [-0.15, -0.1) is 0 Å². The van der Waals surface area contributed by atoms with Crippen LogP contribution in [0.5, 0.6) is 0 Å². The molecule has 1 saturated carbocycles. The lowest BCUT2D eigenvalue weighted by atomic mass is 9.90. The summed E-state index contributed by atoms with van der Waals surface area (Å²) in [4.78, 5) is 7.45. The lowest BCUT2D eigenvalue weighted by Crippen LogP contribution is -2.39. The summed E-state index contributed by atoms with van der Waals surface area (Å²) in [5, 5.41) is 2.14. The molecule has 0 spiro atoms. The predicted octanol–water partition coefficient (Wildman–Crippen LogP) is 11.7. The van der Waals surface area contributed by atoms with Gasteiger partial charge in [0, 0.05) is 22.3 Å². The number of nitrogens with zero attached hydrogens (tertiary/aromatic N) is 2. The molecule has 2 aliphatic rings. The second-order valence-electron chi connectivity index (χ2n) is 13.6. The van der Waals surface area contributed by atoms with E-state index in [2.05, 4.69) is 180 Å². The van der Waals surface area contributed by atoms with Crippen molar-refractivity contribution in [1.29, 1.82) is 0 Å². The Morgan fingerprint density at radius 1 is 0.843 bits per heavy atom. The molecule has 0 aromatic heterocycles. The van der Waals surface area contributed by atoms with Crippen LogP contribution in [0.2, 0.25) is 0 Å². The second-order valence-corrected chi connectivity index (χ2v) is 13.6. The van der Waals surface area contributed by atoms with Crippen LogP contribution in [0, 0.1) is 6.92 Å². The third-order valence-electron chi connectivity index (χ3n) is 9.99. The summed E-state index contributed by atoms with van der Waals surface area (Å²) in [6, 6.07) is 32.9. The van der Waals surface area contributed by atoms with Crippen molar-refractivity contribution < 1.29 is 0 Å². The third-order valence-corrected chi connectivity index (χ3v) is 9.99. The molecule has 1 unspecified atom stereocenters. The lowest BCUT2D eigenvalue weighted by Gasteiger charge is -2.34. The highest BCUT2D eigenvalue weighted by molar-refractivity contribution is 6.02. The van der Waals surface area contributed by atoms with Crippen LogP contribution in [0.15, 0.2) is 162 Å². The van der Waals surface area contributed by atoms with Gasteiger partial charge in [-0.25, -0.2) is 0 Å². The molecule has 2 heteroatoms. The molecule has 256 valence electrons. The monoisotopic (exact) mass is 666 g/mol. The fourth-order valence-corrected chi connectivity index (χ4v) is 7.10. The minimum Gasteiger partial charge on any atom is -0.334 e. The Hall–Kier alpha value is -5.47. The van der Waals surface area contributed by atoms with E-state index in [4.69, 9.17) is 4.99 Å². The van der Waals surface area contributed by atoms with Gasteiger partial charge >= 0.3 is 0 Å². The molecule has 0 radical (unpaired) electrons. The lowest BCUT2D eigenvalue weighted by molar-refractivity contribution is 0.786. The van der Waals surface area contributed by atoms with Crippen molar-refractivity contribution in [2.24, 2.45) is 4.99 Å². The van der Waals surface area contributed by atoms with Crippen molar-refractivity contribution in [3.8, 4) is 11.1 Å². The number of rotatable bonds is 11. The highest BCUT2D eigenvalue weighted by Gasteiger charge is 2.28. The van der Waals surface area contributed by atoms with E-state index in [9.17, 15) is 0 Å². The van der Waals surface area contributed by atoms with Crippen molar-refractivity contribution in [2.75, 3.05) is 4.90 Å². The van der Waals surface area contributed by atoms with E-state index in [0.717, 1.165) is 39.6 Å². The van der Waals surface area contributed by atoms with Gasteiger partial charge in [0.2, 0.25) is 0 Å². The van der Waals surface area contributed by atoms with Gasteiger partial charge in [0.15, 0.2) is 0 Å². The van der Waals surface area contributed by atoms with E-state index >= 15 is 0 Å². The fourth-order valence-electron chi connectivity index (χ4n) is 7.10. The highest BCUT2D eigenvalue weighted by atomic mass is 15.2. The predicted molar refractivity (Wildman–Crippen MR) is 223 cm³/mol. The van der Waals surface area contributed by atoms with Crippen LogP contribution in [0.1, 0.15) is 69.6 Å². The van der Waals surface area contributed by atoms with Gasteiger partial charge < -0.3 is 4.90 Å². The van der Waals surface area contributed by atoms with Crippen molar-refractivity contribution in [2.45, 2.75) is 65.8 Å². The van der Waals surface area contributed by atoms with Crippen LogP contribution in [-0.4, -0.2) is 11.8 Å². The highest BCUT2D eigenvalue weighted by Crippen LogP contribution is 2.45. The van der Waals surface area contributed by atoms with Crippen LogP contribution in [0.4, 0.5) is 11.4 Å². The zero-order chi connectivity index (χ0) is 35.9. The first-order valence-corrected chi connectivity index (χ1v) is 18.2. The summed E-state index contributed by atoms with van der Waals surface area (Å²) in [6.45, 7) is 19.1. The summed E-state index contributed by atoms with van der Waals surface area (Å²) in [7, 11) is 0. The summed E-state index contributed by atoms with van der Waals surface area (Å²) < 4.78 is 0. The van der Waals surface area contributed by atoms with Gasteiger partial charge in [0.1, 0.15) is 0 Å². The van der Waals surface area contributed by atoms with E-state index in [-0.39, 0.29) is 6.04 Å². The van der Waals surface area contributed by atoms with Gasteiger partial charge in [-0.2, -0.15) is 0 Å². The Morgan fingerprint density at radius 3 is 2.20 bits per heavy atom. The van der Waals surface area contributed by atoms with E-state index in [1.807, 2.05) is 12.1 Å². The maximum absolute atomic E-state index is 4.98. The fraction of sp³-hybridized carbons (Fsp3) is 0.204. The van der Waals surface area contributed by atoms with Gasteiger partial charge in [-0.3, -0.25) is 4.99 Å². The molecule has 2 aliphatic carbocycles.